The molecule has 0 aliphatic carbocycles. The molecule has 0 bridgehead atoms. The first-order valence-corrected chi connectivity index (χ1v) is 6.60. The Labute approximate surface area is 107 Å². The van der Waals surface area contributed by atoms with Gasteiger partial charge in [-0.25, -0.2) is 9.97 Å². The molecule has 0 radical (unpaired) electrons. The predicted octanol–water partition coefficient (Wildman–Crippen LogP) is 3.53. The van der Waals surface area contributed by atoms with E-state index in [0.717, 1.165) is 28.2 Å². The number of halogens is 1. The monoisotopic (exact) mass is 297 g/mol. The van der Waals surface area contributed by atoms with Crippen molar-refractivity contribution < 1.29 is 0 Å². The summed E-state index contributed by atoms with van der Waals surface area (Å²) >= 11 is 5.03. The van der Waals surface area contributed by atoms with Gasteiger partial charge in [-0.15, -0.1) is 11.3 Å². The van der Waals surface area contributed by atoms with Crippen LogP contribution in [0.5, 0.6) is 0 Å². The van der Waals surface area contributed by atoms with E-state index in [2.05, 4.69) is 31.2 Å². The molecule has 0 aliphatic heterocycles. The minimum absolute atomic E-state index is 0.806. The van der Waals surface area contributed by atoms with Crippen molar-refractivity contribution >= 4 is 33.0 Å². The van der Waals surface area contributed by atoms with Gasteiger partial charge in [0, 0.05) is 4.88 Å². The quantitative estimate of drug-likeness (QED) is 0.881. The van der Waals surface area contributed by atoms with E-state index in [0.29, 0.717) is 0 Å². The van der Waals surface area contributed by atoms with E-state index < -0.39 is 0 Å². The van der Waals surface area contributed by atoms with Gasteiger partial charge in [-0.1, -0.05) is 0 Å². The summed E-state index contributed by atoms with van der Waals surface area (Å²) < 4.78 is 0.865. The number of aryl methyl sites for hydroxylation is 2. The van der Waals surface area contributed by atoms with Crippen LogP contribution in [0.3, 0.4) is 0 Å². The third-order valence-electron chi connectivity index (χ3n) is 2.34. The predicted molar refractivity (Wildman–Crippen MR) is 70.9 cm³/mol. The summed E-state index contributed by atoms with van der Waals surface area (Å²) in [7, 11) is 0. The molecule has 0 spiro atoms. The zero-order valence-corrected chi connectivity index (χ0v) is 11.5. The number of pyridine rings is 1. The Bertz CT molecular complexity index is 496. The Morgan fingerprint density at radius 2 is 2.12 bits per heavy atom. The van der Waals surface area contributed by atoms with Crippen molar-refractivity contribution in [2.75, 3.05) is 5.32 Å². The molecule has 0 aliphatic rings. The molecule has 84 valence electrons. The highest BCUT2D eigenvalue weighted by Crippen LogP contribution is 2.19. The van der Waals surface area contributed by atoms with Gasteiger partial charge in [0.2, 0.25) is 0 Å². The van der Waals surface area contributed by atoms with Gasteiger partial charge in [-0.3, -0.25) is 0 Å². The fraction of sp³-hybridized carbons (Fsp3) is 0.273. The molecule has 5 heteroatoms. The molecule has 0 aromatic carbocycles. The van der Waals surface area contributed by atoms with Crippen LogP contribution in [0.15, 0.2) is 22.2 Å². The van der Waals surface area contributed by atoms with Crippen molar-refractivity contribution in [2.45, 2.75) is 20.4 Å². The minimum atomic E-state index is 0.806. The third kappa shape index (κ3) is 2.59. The third-order valence-corrected chi connectivity index (χ3v) is 3.71. The summed E-state index contributed by atoms with van der Waals surface area (Å²) in [6.45, 7) is 4.83. The lowest BCUT2D eigenvalue weighted by atomic mass is 10.3. The summed E-state index contributed by atoms with van der Waals surface area (Å²) in [6, 6.07) is 3.97. The SMILES string of the molecule is Cc1nc(Br)ccc1NCc1scnc1C. The van der Waals surface area contributed by atoms with Gasteiger partial charge in [0.25, 0.3) is 0 Å². The van der Waals surface area contributed by atoms with Crippen LogP contribution in [0.2, 0.25) is 0 Å². The van der Waals surface area contributed by atoms with Crippen LogP contribution in [-0.4, -0.2) is 9.97 Å². The number of nitrogens with zero attached hydrogens (tertiary/aromatic N) is 2. The van der Waals surface area contributed by atoms with Gasteiger partial charge in [-0.2, -0.15) is 0 Å². The van der Waals surface area contributed by atoms with Gasteiger partial charge in [0.15, 0.2) is 0 Å². The van der Waals surface area contributed by atoms with Crippen molar-refractivity contribution in [1.82, 2.24) is 9.97 Å². The van der Waals surface area contributed by atoms with Crippen molar-refractivity contribution in [3.05, 3.63) is 38.5 Å². The smallest absolute Gasteiger partial charge is 0.106 e. The van der Waals surface area contributed by atoms with E-state index in [1.54, 1.807) is 11.3 Å². The maximum atomic E-state index is 4.34. The van der Waals surface area contributed by atoms with Gasteiger partial charge in [-0.05, 0) is 41.9 Å². The number of anilines is 1. The summed E-state index contributed by atoms with van der Waals surface area (Å²) in [6.07, 6.45) is 0. The second-order valence-electron chi connectivity index (χ2n) is 3.48. The van der Waals surface area contributed by atoms with Gasteiger partial charge in [0.1, 0.15) is 4.60 Å². The number of aromatic nitrogens is 2. The average Bonchev–Trinajstić information content (AvgIpc) is 2.63. The maximum Gasteiger partial charge on any atom is 0.106 e. The van der Waals surface area contributed by atoms with Gasteiger partial charge >= 0.3 is 0 Å². The zero-order chi connectivity index (χ0) is 11.5. The average molecular weight is 298 g/mol. The molecule has 2 aromatic rings. The van der Waals surface area contributed by atoms with E-state index in [9.17, 15) is 0 Å². The molecular formula is C11H12BrN3S. The van der Waals surface area contributed by atoms with Crippen LogP contribution < -0.4 is 5.32 Å². The van der Waals surface area contributed by atoms with E-state index in [1.165, 1.54) is 4.88 Å². The molecule has 0 saturated carbocycles. The summed E-state index contributed by atoms with van der Waals surface area (Å²) in [5.74, 6) is 0. The normalized spacial score (nSPS) is 10.4. The standard InChI is InChI=1S/C11H12BrN3S/c1-7-9(3-4-11(12)15-7)13-5-10-8(2)14-6-16-10/h3-4,6,13H,5H2,1-2H3. The number of hydrogen-bond acceptors (Lipinski definition) is 4. The van der Waals surface area contributed by atoms with E-state index in [1.807, 2.05) is 31.5 Å². The van der Waals surface area contributed by atoms with Crippen molar-refractivity contribution in [3.63, 3.8) is 0 Å². The van der Waals surface area contributed by atoms with Crippen LogP contribution in [0, 0.1) is 13.8 Å². The van der Waals surface area contributed by atoms with Crippen LogP contribution in [0.25, 0.3) is 0 Å². The molecule has 1 N–H and O–H groups in total. The molecule has 0 amide bonds. The van der Waals surface area contributed by atoms with Crippen LogP contribution in [-0.2, 0) is 6.54 Å². The topological polar surface area (TPSA) is 37.8 Å². The Hall–Kier alpha value is -0.940. The molecule has 3 nitrogen and oxygen atoms in total. The molecular weight excluding hydrogens is 286 g/mol. The Kier molecular flexibility index (Phi) is 3.56. The lowest BCUT2D eigenvalue weighted by Gasteiger charge is -2.08. The molecule has 0 saturated heterocycles. The molecule has 0 fully saturated rings. The van der Waals surface area contributed by atoms with E-state index in [-0.39, 0.29) is 0 Å². The van der Waals surface area contributed by atoms with Crippen molar-refractivity contribution in [1.29, 1.82) is 0 Å². The Morgan fingerprint density at radius 3 is 2.75 bits per heavy atom. The zero-order valence-electron chi connectivity index (χ0n) is 9.12. The van der Waals surface area contributed by atoms with Crippen LogP contribution in [0.4, 0.5) is 5.69 Å². The highest BCUT2D eigenvalue weighted by Gasteiger charge is 2.03. The first-order valence-electron chi connectivity index (χ1n) is 4.93. The highest BCUT2D eigenvalue weighted by molar-refractivity contribution is 9.10. The highest BCUT2D eigenvalue weighted by atomic mass is 79.9. The van der Waals surface area contributed by atoms with Crippen LogP contribution >= 0.6 is 27.3 Å². The fourth-order valence-corrected chi connectivity index (χ4v) is 2.50. The second kappa shape index (κ2) is 4.93. The number of thiazole rings is 1. The fourth-order valence-electron chi connectivity index (χ4n) is 1.39. The number of hydrogen-bond donors (Lipinski definition) is 1. The number of rotatable bonds is 3. The second-order valence-corrected chi connectivity index (χ2v) is 5.23. The number of nitrogens with one attached hydrogen (secondary N) is 1. The van der Waals surface area contributed by atoms with E-state index in [4.69, 9.17) is 0 Å². The Balaban J connectivity index is 2.08. The van der Waals surface area contributed by atoms with Gasteiger partial charge < -0.3 is 5.32 Å². The summed E-state index contributed by atoms with van der Waals surface area (Å²) in [5.41, 5.74) is 5.03. The molecule has 0 atom stereocenters. The maximum absolute atomic E-state index is 4.34. The largest absolute Gasteiger partial charge is 0.379 e. The first kappa shape index (κ1) is 11.5. The molecule has 2 rings (SSSR count). The lowest BCUT2D eigenvalue weighted by molar-refractivity contribution is 1.09. The minimum Gasteiger partial charge on any atom is -0.379 e. The van der Waals surface area contributed by atoms with Crippen molar-refractivity contribution in [3.8, 4) is 0 Å². The molecule has 2 heterocycles. The summed E-state index contributed by atoms with van der Waals surface area (Å²) in [4.78, 5) is 9.82. The Morgan fingerprint density at radius 1 is 1.31 bits per heavy atom. The lowest BCUT2D eigenvalue weighted by Crippen LogP contribution is -2.01. The summed E-state index contributed by atoms with van der Waals surface area (Å²) in [5, 5.41) is 3.37. The van der Waals surface area contributed by atoms with E-state index >= 15 is 0 Å². The van der Waals surface area contributed by atoms with Crippen LogP contribution in [0.1, 0.15) is 16.3 Å². The molecule has 2 aromatic heterocycles. The first-order chi connectivity index (χ1) is 7.66. The van der Waals surface area contributed by atoms with Crippen molar-refractivity contribution in [2.24, 2.45) is 0 Å². The molecule has 16 heavy (non-hydrogen) atoms. The molecule has 0 unspecified atom stereocenters. The van der Waals surface area contributed by atoms with Gasteiger partial charge in [0.05, 0.1) is 29.1 Å².